The molecule has 1 atom stereocenters. The Balaban J connectivity index is 2.03. The Labute approximate surface area is 235 Å². The van der Waals surface area contributed by atoms with Crippen LogP contribution in [0.1, 0.15) is 95.7 Å². The van der Waals surface area contributed by atoms with Crippen molar-refractivity contribution in [1.29, 1.82) is 0 Å². The first-order valence-electron chi connectivity index (χ1n) is 14.3. The summed E-state index contributed by atoms with van der Waals surface area (Å²) in [6.07, 6.45) is 1.07. The van der Waals surface area contributed by atoms with E-state index in [-0.39, 0.29) is 15.9 Å². The second-order valence-electron chi connectivity index (χ2n) is 14.0. The van der Waals surface area contributed by atoms with E-state index in [1.165, 1.54) is 44.5 Å². The Morgan fingerprint density at radius 3 is 1.66 bits per heavy atom. The maximum absolute atomic E-state index is 2.52. The van der Waals surface area contributed by atoms with Crippen molar-refractivity contribution in [2.24, 2.45) is 0 Å². The number of rotatable bonds is 5. The van der Waals surface area contributed by atoms with Crippen LogP contribution in [0.25, 0.3) is 5.57 Å². The lowest BCUT2D eigenvalue weighted by Gasteiger charge is -2.37. The molecular weight excluding hydrogens is 472 g/mol. The van der Waals surface area contributed by atoms with Crippen LogP contribution in [0.4, 0.5) is 0 Å². The van der Waals surface area contributed by atoms with Crippen LogP contribution in [0.5, 0.6) is 0 Å². The number of hydrogen-bond donors (Lipinski definition) is 0. The number of hydrogen-bond acceptors (Lipinski definition) is 0. The second kappa shape index (κ2) is 10.2. The zero-order chi connectivity index (χ0) is 28.0. The number of aryl methyl sites for hydroxylation is 2. The van der Waals surface area contributed by atoms with Crippen LogP contribution >= 0.6 is 0 Å². The van der Waals surface area contributed by atoms with Gasteiger partial charge in [-0.2, -0.15) is 0 Å². The standard InChI is InChI=1S/C37H48Si/c1-24-17-25(2)19-29(18-24)23-37(38-33-15-13-12-14-16-33)28(5)26(3)27(4)34(37)30-20-31(35(6,7)8)22-32(21-30)36(9,10)11/h12-22H,23,38H2,1-11H3. The van der Waals surface area contributed by atoms with E-state index in [0.29, 0.717) is 0 Å². The molecule has 200 valence electrons. The van der Waals surface area contributed by atoms with Crippen LogP contribution in [0.3, 0.4) is 0 Å². The highest BCUT2D eigenvalue weighted by Gasteiger charge is 2.44. The highest BCUT2D eigenvalue weighted by Crippen LogP contribution is 2.58. The summed E-state index contributed by atoms with van der Waals surface area (Å²) in [6, 6.07) is 26.0. The second-order valence-corrected chi connectivity index (χ2v) is 16.3. The molecule has 0 amide bonds. The third kappa shape index (κ3) is 5.55. The summed E-state index contributed by atoms with van der Waals surface area (Å²) >= 11 is 0. The van der Waals surface area contributed by atoms with E-state index in [1.54, 1.807) is 16.3 Å². The molecule has 1 heteroatoms. The van der Waals surface area contributed by atoms with Gasteiger partial charge in [0.2, 0.25) is 0 Å². The summed E-state index contributed by atoms with van der Waals surface area (Å²) in [6.45, 7) is 25.8. The van der Waals surface area contributed by atoms with Crippen molar-refractivity contribution in [3.63, 3.8) is 0 Å². The van der Waals surface area contributed by atoms with Crippen molar-refractivity contribution >= 4 is 20.3 Å². The Morgan fingerprint density at radius 2 is 1.16 bits per heavy atom. The Bertz CT molecular complexity index is 1350. The van der Waals surface area contributed by atoms with E-state index >= 15 is 0 Å². The van der Waals surface area contributed by atoms with E-state index in [1.807, 2.05) is 0 Å². The quantitative estimate of drug-likeness (QED) is 0.295. The molecule has 0 spiro atoms. The minimum atomic E-state index is -0.721. The summed E-state index contributed by atoms with van der Waals surface area (Å²) in [4.78, 5) is 0. The lowest BCUT2D eigenvalue weighted by Crippen LogP contribution is -2.33. The molecule has 0 radical (unpaired) electrons. The molecule has 0 saturated carbocycles. The predicted molar refractivity (Wildman–Crippen MR) is 172 cm³/mol. The topological polar surface area (TPSA) is 0 Å². The lowest BCUT2D eigenvalue weighted by molar-refractivity contribution is 0.568. The first kappa shape index (κ1) is 28.4. The smallest absolute Gasteiger partial charge is 0.0655 e. The molecule has 4 rings (SSSR count). The predicted octanol–water partition coefficient (Wildman–Crippen LogP) is 8.92. The molecule has 1 aliphatic rings. The van der Waals surface area contributed by atoms with Crippen molar-refractivity contribution in [3.8, 4) is 0 Å². The van der Waals surface area contributed by atoms with E-state index in [0.717, 1.165) is 6.42 Å². The molecule has 0 aromatic heterocycles. The molecule has 1 unspecified atom stereocenters. The van der Waals surface area contributed by atoms with Gasteiger partial charge in [-0.3, -0.25) is 0 Å². The molecular formula is C37H48Si. The fourth-order valence-electron chi connectivity index (χ4n) is 6.47. The van der Waals surface area contributed by atoms with Crippen LogP contribution in [-0.2, 0) is 17.3 Å². The van der Waals surface area contributed by atoms with E-state index in [9.17, 15) is 0 Å². The highest BCUT2D eigenvalue weighted by molar-refractivity contribution is 6.61. The average molecular weight is 521 g/mol. The third-order valence-electron chi connectivity index (χ3n) is 8.79. The van der Waals surface area contributed by atoms with Gasteiger partial charge in [0.1, 0.15) is 0 Å². The van der Waals surface area contributed by atoms with E-state index in [4.69, 9.17) is 0 Å². The van der Waals surface area contributed by atoms with Crippen molar-refractivity contribution in [2.75, 3.05) is 0 Å². The lowest BCUT2D eigenvalue weighted by atomic mass is 9.76. The van der Waals surface area contributed by atoms with E-state index < -0.39 is 9.52 Å². The molecule has 3 aromatic rings. The van der Waals surface area contributed by atoms with Crippen molar-refractivity contribution in [2.45, 2.75) is 98.5 Å². The van der Waals surface area contributed by atoms with Crippen molar-refractivity contribution < 1.29 is 0 Å². The minimum absolute atomic E-state index is 0.0431. The maximum atomic E-state index is 2.52. The van der Waals surface area contributed by atoms with Gasteiger partial charge in [-0.1, -0.05) is 130 Å². The Hall–Kier alpha value is -2.64. The van der Waals surface area contributed by atoms with Gasteiger partial charge >= 0.3 is 0 Å². The van der Waals surface area contributed by atoms with Gasteiger partial charge in [0, 0.05) is 5.04 Å². The fraction of sp³-hybridized carbons (Fsp3) is 0.405. The van der Waals surface area contributed by atoms with Crippen LogP contribution in [0, 0.1) is 13.8 Å². The van der Waals surface area contributed by atoms with Crippen LogP contribution in [0.15, 0.2) is 83.4 Å². The van der Waals surface area contributed by atoms with Gasteiger partial charge in [0.05, 0.1) is 9.52 Å². The molecule has 0 fully saturated rings. The van der Waals surface area contributed by atoms with Gasteiger partial charge in [-0.05, 0) is 90.8 Å². The summed E-state index contributed by atoms with van der Waals surface area (Å²) in [5.74, 6) is 0. The highest BCUT2D eigenvalue weighted by atomic mass is 28.2. The summed E-state index contributed by atoms with van der Waals surface area (Å²) in [5.41, 5.74) is 14.8. The summed E-state index contributed by atoms with van der Waals surface area (Å²) in [7, 11) is -0.721. The minimum Gasteiger partial charge on any atom is -0.0655 e. The van der Waals surface area contributed by atoms with E-state index in [2.05, 4.69) is 143 Å². The van der Waals surface area contributed by atoms with Crippen LogP contribution in [0.2, 0.25) is 5.04 Å². The molecule has 0 bridgehead atoms. The number of allylic oxidation sites excluding steroid dienone is 4. The van der Waals surface area contributed by atoms with Crippen molar-refractivity contribution in [3.05, 3.63) is 117 Å². The van der Waals surface area contributed by atoms with Gasteiger partial charge in [-0.25, -0.2) is 0 Å². The SMILES string of the molecule is CC1=C(C)C(Cc2cc(C)cc(C)c2)([SiH2]c2ccccc2)C(c2cc(C(C)(C)C)cc(C(C)(C)C)c2)=C1C. The van der Waals surface area contributed by atoms with Crippen LogP contribution < -0.4 is 5.19 Å². The fourth-order valence-corrected chi connectivity index (χ4v) is 9.27. The van der Waals surface area contributed by atoms with Gasteiger partial charge in [0.25, 0.3) is 0 Å². The van der Waals surface area contributed by atoms with Gasteiger partial charge in [-0.15, -0.1) is 0 Å². The largest absolute Gasteiger partial charge is 0.0718 e. The molecule has 1 aliphatic carbocycles. The van der Waals surface area contributed by atoms with Gasteiger partial charge < -0.3 is 0 Å². The number of benzene rings is 3. The first-order valence-corrected chi connectivity index (χ1v) is 15.7. The average Bonchev–Trinajstić information content (AvgIpc) is 2.98. The van der Waals surface area contributed by atoms with Crippen LogP contribution in [-0.4, -0.2) is 9.52 Å². The maximum Gasteiger partial charge on any atom is 0.0718 e. The molecule has 0 aliphatic heterocycles. The Kier molecular flexibility index (Phi) is 7.58. The van der Waals surface area contributed by atoms with Crippen molar-refractivity contribution in [1.82, 2.24) is 0 Å². The third-order valence-corrected chi connectivity index (χ3v) is 11.4. The molecule has 0 heterocycles. The first-order chi connectivity index (χ1) is 17.6. The zero-order valence-electron chi connectivity index (χ0n) is 25.8. The molecule has 38 heavy (non-hydrogen) atoms. The normalized spacial score (nSPS) is 18.8. The Morgan fingerprint density at radius 1 is 0.632 bits per heavy atom. The summed E-state index contributed by atoms with van der Waals surface area (Å²) < 4.78 is 0. The molecule has 0 nitrogen and oxygen atoms in total. The molecule has 3 aromatic carbocycles. The molecule has 0 saturated heterocycles. The molecule has 0 N–H and O–H groups in total. The zero-order valence-corrected chi connectivity index (χ0v) is 27.2. The van der Waals surface area contributed by atoms with Gasteiger partial charge in [0.15, 0.2) is 0 Å². The monoisotopic (exact) mass is 520 g/mol. The summed E-state index contributed by atoms with van der Waals surface area (Å²) in [5, 5.41) is 1.58.